The summed E-state index contributed by atoms with van der Waals surface area (Å²) in [5.41, 5.74) is 2.23. The molecule has 0 radical (unpaired) electrons. The fourth-order valence-electron chi connectivity index (χ4n) is 3.33. The number of hydrogen-bond donors (Lipinski definition) is 0. The zero-order valence-electron chi connectivity index (χ0n) is 16.5. The lowest BCUT2D eigenvalue weighted by atomic mass is 10.0. The quantitative estimate of drug-likeness (QED) is 0.551. The monoisotopic (exact) mass is 424 g/mol. The molecule has 0 aliphatic carbocycles. The van der Waals surface area contributed by atoms with Crippen molar-refractivity contribution in [1.82, 2.24) is 4.90 Å². The van der Waals surface area contributed by atoms with Crippen LogP contribution in [-0.4, -0.2) is 36.3 Å². The van der Waals surface area contributed by atoms with E-state index in [0.29, 0.717) is 23.4 Å². The molecule has 0 unspecified atom stereocenters. The van der Waals surface area contributed by atoms with Gasteiger partial charge in [0.1, 0.15) is 11.6 Å². The standard InChI is InChI=1S/C23H21FN2O3S/c1-28-18-10-8-16(9-11-18)21-13-19(29-25-21)15-26(23(27)22-7-4-12-30-22)14-17-5-2-3-6-20(17)24/h2-12,19H,13-15H2,1H3/t19-/m1/s1. The van der Waals surface area contributed by atoms with E-state index in [0.717, 1.165) is 17.0 Å². The van der Waals surface area contributed by atoms with Gasteiger partial charge in [0.05, 0.1) is 24.2 Å². The zero-order valence-corrected chi connectivity index (χ0v) is 17.3. The van der Waals surface area contributed by atoms with Crippen molar-refractivity contribution in [3.05, 3.63) is 87.9 Å². The first-order valence-electron chi connectivity index (χ1n) is 9.57. The molecule has 30 heavy (non-hydrogen) atoms. The van der Waals surface area contributed by atoms with Crippen LogP contribution >= 0.6 is 11.3 Å². The number of carbonyl (C=O) groups is 1. The van der Waals surface area contributed by atoms with Crippen molar-refractivity contribution >= 4 is 23.0 Å². The fourth-order valence-corrected chi connectivity index (χ4v) is 4.02. The molecular formula is C23H21FN2O3S. The van der Waals surface area contributed by atoms with Crippen LogP contribution in [0.4, 0.5) is 4.39 Å². The molecule has 1 aromatic heterocycles. The Morgan fingerprint density at radius 2 is 2.00 bits per heavy atom. The van der Waals surface area contributed by atoms with Crippen LogP contribution in [0.1, 0.15) is 27.2 Å². The summed E-state index contributed by atoms with van der Waals surface area (Å²) in [6, 6.07) is 17.7. The Kier molecular flexibility index (Phi) is 6.09. The molecule has 0 bridgehead atoms. The summed E-state index contributed by atoms with van der Waals surface area (Å²) in [6.45, 7) is 0.482. The van der Waals surface area contributed by atoms with Gasteiger partial charge < -0.3 is 14.5 Å². The zero-order chi connectivity index (χ0) is 20.9. The van der Waals surface area contributed by atoms with Gasteiger partial charge in [-0.05, 0) is 47.3 Å². The van der Waals surface area contributed by atoms with Gasteiger partial charge in [-0.3, -0.25) is 4.79 Å². The summed E-state index contributed by atoms with van der Waals surface area (Å²) >= 11 is 1.37. The lowest BCUT2D eigenvalue weighted by Gasteiger charge is -2.24. The van der Waals surface area contributed by atoms with Gasteiger partial charge in [-0.2, -0.15) is 0 Å². The Bertz CT molecular complexity index is 1030. The maximum atomic E-state index is 14.2. The molecular weight excluding hydrogens is 403 g/mol. The first-order valence-corrected chi connectivity index (χ1v) is 10.5. The van der Waals surface area contributed by atoms with Gasteiger partial charge >= 0.3 is 0 Å². The van der Waals surface area contributed by atoms with Crippen LogP contribution < -0.4 is 4.74 Å². The first-order chi connectivity index (χ1) is 14.6. The summed E-state index contributed by atoms with van der Waals surface area (Å²) in [4.78, 5) is 20.9. The van der Waals surface area contributed by atoms with Crippen LogP contribution in [0.25, 0.3) is 0 Å². The van der Waals surface area contributed by atoms with Crippen molar-refractivity contribution < 1.29 is 18.8 Å². The van der Waals surface area contributed by atoms with E-state index in [4.69, 9.17) is 9.57 Å². The molecule has 0 saturated carbocycles. The average molecular weight is 424 g/mol. The van der Waals surface area contributed by atoms with Crippen molar-refractivity contribution in [2.75, 3.05) is 13.7 Å². The largest absolute Gasteiger partial charge is 0.497 e. The van der Waals surface area contributed by atoms with E-state index in [-0.39, 0.29) is 24.4 Å². The van der Waals surface area contributed by atoms with Crippen molar-refractivity contribution in [2.24, 2.45) is 5.16 Å². The van der Waals surface area contributed by atoms with Crippen molar-refractivity contribution in [3.63, 3.8) is 0 Å². The van der Waals surface area contributed by atoms with Gasteiger partial charge in [0.15, 0.2) is 6.10 Å². The van der Waals surface area contributed by atoms with Crippen molar-refractivity contribution in [2.45, 2.75) is 19.1 Å². The highest BCUT2D eigenvalue weighted by Gasteiger charge is 2.28. The molecule has 1 aliphatic heterocycles. The molecule has 2 heterocycles. The molecule has 0 saturated heterocycles. The van der Waals surface area contributed by atoms with E-state index in [1.54, 1.807) is 36.3 Å². The SMILES string of the molecule is COc1ccc(C2=NO[C@@H](CN(Cc3ccccc3F)C(=O)c3cccs3)C2)cc1. The third-order valence-corrected chi connectivity index (χ3v) is 5.78. The third-order valence-electron chi connectivity index (χ3n) is 4.92. The molecule has 154 valence electrons. The van der Waals surface area contributed by atoms with Crippen LogP contribution in [0.15, 0.2) is 71.2 Å². The highest BCUT2D eigenvalue weighted by Crippen LogP contribution is 2.22. The Hall–Kier alpha value is -3.19. The van der Waals surface area contributed by atoms with Crippen LogP contribution in [-0.2, 0) is 11.4 Å². The van der Waals surface area contributed by atoms with E-state index >= 15 is 0 Å². The highest BCUT2D eigenvalue weighted by molar-refractivity contribution is 7.12. The minimum absolute atomic E-state index is 0.144. The van der Waals surface area contributed by atoms with Gasteiger partial charge in [0.25, 0.3) is 5.91 Å². The second-order valence-corrected chi connectivity index (χ2v) is 7.90. The molecule has 0 spiro atoms. The van der Waals surface area contributed by atoms with Gasteiger partial charge in [-0.1, -0.05) is 29.4 Å². The number of nitrogens with zero attached hydrogens (tertiary/aromatic N) is 2. The Labute approximate surface area is 178 Å². The number of ether oxygens (including phenoxy) is 1. The normalized spacial score (nSPS) is 15.4. The topological polar surface area (TPSA) is 51.1 Å². The highest BCUT2D eigenvalue weighted by atomic mass is 32.1. The molecule has 2 aromatic carbocycles. The van der Waals surface area contributed by atoms with Gasteiger partial charge in [0, 0.05) is 18.5 Å². The number of halogens is 1. The lowest BCUT2D eigenvalue weighted by molar-refractivity contribution is 0.0406. The molecule has 3 aromatic rings. The summed E-state index contributed by atoms with van der Waals surface area (Å²) in [5, 5.41) is 6.06. The van der Waals surface area contributed by atoms with E-state index in [1.807, 2.05) is 35.7 Å². The van der Waals surface area contributed by atoms with E-state index in [9.17, 15) is 9.18 Å². The molecule has 4 rings (SSSR count). The predicted molar refractivity (Wildman–Crippen MR) is 114 cm³/mol. The number of rotatable bonds is 7. The maximum Gasteiger partial charge on any atom is 0.264 e. The van der Waals surface area contributed by atoms with E-state index in [2.05, 4.69) is 5.16 Å². The van der Waals surface area contributed by atoms with Crippen LogP contribution in [0.5, 0.6) is 5.75 Å². The molecule has 5 nitrogen and oxygen atoms in total. The number of methoxy groups -OCH3 is 1. The Morgan fingerprint density at radius 3 is 2.70 bits per heavy atom. The number of hydrogen-bond acceptors (Lipinski definition) is 5. The molecule has 0 fully saturated rings. The number of oxime groups is 1. The molecule has 1 amide bonds. The molecule has 1 atom stereocenters. The van der Waals surface area contributed by atoms with Crippen molar-refractivity contribution in [3.8, 4) is 5.75 Å². The minimum Gasteiger partial charge on any atom is -0.497 e. The summed E-state index contributed by atoms with van der Waals surface area (Å²) in [6.07, 6.45) is 0.274. The summed E-state index contributed by atoms with van der Waals surface area (Å²) < 4.78 is 19.4. The third kappa shape index (κ3) is 4.52. The van der Waals surface area contributed by atoms with E-state index < -0.39 is 0 Å². The van der Waals surface area contributed by atoms with Crippen LogP contribution in [0, 0.1) is 5.82 Å². The average Bonchev–Trinajstić information content (AvgIpc) is 3.47. The Morgan fingerprint density at radius 1 is 1.20 bits per heavy atom. The van der Waals surface area contributed by atoms with Gasteiger partial charge in [-0.25, -0.2) is 4.39 Å². The minimum atomic E-state index is -0.330. The Balaban J connectivity index is 1.48. The van der Waals surface area contributed by atoms with Crippen LogP contribution in [0.2, 0.25) is 0 Å². The number of carbonyl (C=O) groups excluding carboxylic acids is 1. The summed E-state index contributed by atoms with van der Waals surface area (Å²) in [5.74, 6) is 0.297. The second-order valence-electron chi connectivity index (χ2n) is 6.95. The van der Waals surface area contributed by atoms with Crippen LogP contribution in [0.3, 0.4) is 0 Å². The summed E-state index contributed by atoms with van der Waals surface area (Å²) in [7, 11) is 1.62. The lowest BCUT2D eigenvalue weighted by Crippen LogP contribution is -2.37. The number of amides is 1. The fraction of sp³-hybridized carbons (Fsp3) is 0.217. The maximum absolute atomic E-state index is 14.2. The van der Waals surface area contributed by atoms with Gasteiger partial charge in [0.2, 0.25) is 0 Å². The smallest absolute Gasteiger partial charge is 0.264 e. The molecule has 7 heteroatoms. The first kappa shape index (κ1) is 20.1. The predicted octanol–water partition coefficient (Wildman–Crippen LogP) is 4.73. The second kappa shape index (κ2) is 9.09. The molecule has 1 aliphatic rings. The number of thiophene rings is 1. The van der Waals surface area contributed by atoms with Crippen molar-refractivity contribution in [1.29, 1.82) is 0 Å². The van der Waals surface area contributed by atoms with E-state index in [1.165, 1.54) is 17.4 Å². The number of benzene rings is 2. The molecule has 0 N–H and O–H groups in total. The van der Waals surface area contributed by atoms with Gasteiger partial charge in [-0.15, -0.1) is 11.3 Å².